The largest absolute Gasteiger partial charge is 0.497 e. The minimum absolute atomic E-state index is 0.0351. The third-order valence-corrected chi connectivity index (χ3v) is 4.60. The highest BCUT2D eigenvalue weighted by Gasteiger charge is 2.41. The lowest BCUT2D eigenvalue weighted by Gasteiger charge is -2.13. The van der Waals surface area contributed by atoms with Crippen LogP contribution in [0.25, 0.3) is 28.0 Å². The summed E-state index contributed by atoms with van der Waals surface area (Å²) in [4.78, 5) is 3.53. The molecule has 0 aliphatic heterocycles. The first-order chi connectivity index (χ1) is 14.6. The summed E-state index contributed by atoms with van der Waals surface area (Å²) in [5, 5.41) is 4.03. The van der Waals surface area contributed by atoms with Gasteiger partial charge in [-0.3, -0.25) is 0 Å². The molecular formula is C21H13F6N3O. The Hall–Kier alpha value is -3.56. The van der Waals surface area contributed by atoms with E-state index in [4.69, 9.17) is 4.74 Å². The van der Waals surface area contributed by atoms with Crippen LogP contribution in [0.3, 0.4) is 0 Å². The first-order valence-electron chi connectivity index (χ1n) is 8.87. The number of hydrogen-bond donors (Lipinski definition) is 0. The van der Waals surface area contributed by atoms with Crippen molar-refractivity contribution in [3.8, 4) is 28.1 Å². The summed E-state index contributed by atoms with van der Waals surface area (Å²) >= 11 is 0. The standard InChI is InChI=1S/C21H13F6N3O/c1-31-14-9-7-12(8-10-14)17-18(13-5-3-2-4-6-13)29-30-16(21(25,26)27)11-15(20(22,23)24)28-19(17)30/h2-11H,1H3. The summed E-state index contributed by atoms with van der Waals surface area (Å²) in [5.74, 6) is 0.474. The monoisotopic (exact) mass is 437 g/mol. The van der Waals surface area contributed by atoms with Gasteiger partial charge in [0.2, 0.25) is 0 Å². The van der Waals surface area contributed by atoms with Gasteiger partial charge in [0.25, 0.3) is 0 Å². The number of hydrogen-bond acceptors (Lipinski definition) is 3. The Morgan fingerprint density at radius 1 is 0.806 bits per heavy atom. The average molecular weight is 437 g/mol. The lowest BCUT2D eigenvalue weighted by molar-refractivity contribution is -0.148. The summed E-state index contributed by atoms with van der Waals surface area (Å²) in [6.07, 6.45) is -10.2. The summed E-state index contributed by atoms with van der Waals surface area (Å²) in [7, 11) is 1.44. The van der Waals surface area contributed by atoms with E-state index in [9.17, 15) is 26.3 Å². The molecule has 4 rings (SSSR count). The maximum Gasteiger partial charge on any atom is 0.433 e. The van der Waals surface area contributed by atoms with Crippen LogP contribution in [-0.4, -0.2) is 21.7 Å². The van der Waals surface area contributed by atoms with E-state index in [1.54, 1.807) is 42.5 Å². The predicted octanol–water partition coefficient (Wildman–Crippen LogP) is 6.11. The Bertz CT molecular complexity index is 1230. The van der Waals surface area contributed by atoms with Crippen LogP contribution >= 0.6 is 0 Å². The second kappa shape index (κ2) is 7.29. The third kappa shape index (κ3) is 3.80. The summed E-state index contributed by atoms with van der Waals surface area (Å²) < 4.78 is 86.6. The third-order valence-electron chi connectivity index (χ3n) is 4.60. The van der Waals surface area contributed by atoms with E-state index in [2.05, 4.69) is 10.1 Å². The van der Waals surface area contributed by atoms with Crippen LogP contribution in [0.15, 0.2) is 60.7 Å². The number of benzene rings is 2. The summed E-state index contributed by atoms with van der Waals surface area (Å²) in [5.41, 5.74) is -2.88. The van der Waals surface area contributed by atoms with Crippen molar-refractivity contribution in [2.24, 2.45) is 0 Å². The number of fused-ring (bicyclic) bond motifs is 1. The van der Waals surface area contributed by atoms with Gasteiger partial charge in [-0.15, -0.1) is 0 Å². The zero-order chi connectivity index (χ0) is 22.4. The number of aromatic nitrogens is 3. The van der Waals surface area contributed by atoms with Crippen LogP contribution in [0.2, 0.25) is 0 Å². The first-order valence-corrected chi connectivity index (χ1v) is 8.87. The molecule has 0 saturated carbocycles. The molecule has 160 valence electrons. The van der Waals surface area contributed by atoms with Gasteiger partial charge in [-0.2, -0.15) is 31.4 Å². The Balaban J connectivity index is 2.13. The first kappa shape index (κ1) is 20.7. The lowest BCUT2D eigenvalue weighted by Crippen LogP contribution is -2.18. The van der Waals surface area contributed by atoms with Crippen LogP contribution in [-0.2, 0) is 12.4 Å². The minimum Gasteiger partial charge on any atom is -0.497 e. The van der Waals surface area contributed by atoms with Crippen LogP contribution in [0.5, 0.6) is 5.75 Å². The van der Waals surface area contributed by atoms with Crippen molar-refractivity contribution in [2.45, 2.75) is 12.4 Å². The number of methoxy groups -OCH3 is 1. The van der Waals surface area contributed by atoms with Gasteiger partial charge in [0, 0.05) is 5.56 Å². The molecule has 0 radical (unpaired) electrons. The zero-order valence-corrected chi connectivity index (χ0v) is 15.8. The van der Waals surface area contributed by atoms with Crippen molar-refractivity contribution in [2.75, 3.05) is 7.11 Å². The van der Waals surface area contributed by atoms with Crippen LogP contribution < -0.4 is 4.74 Å². The SMILES string of the molecule is COc1ccc(-c2c(-c3ccccc3)nn3c(C(F)(F)F)cc(C(F)(F)F)nc23)cc1. The predicted molar refractivity (Wildman–Crippen MR) is 100 cm³/mol. The van der Waals surface area contributed by atoms with Gasteiger partial charge in [0.15, 0.2) is 11.3 Å². The molecule has 10 heteroatoms. The van der Waals surface area contributed by atoms with E-state index in [1.807, 2.05) is 0 Å². The van der Waals surface area contributed by atoms with Crippen LogP contribution in [0.4, 0.5) is 26.3 Å². The fourth-order valence-electron chi connectivity index (χ4n) is 3.19. The Morgan fingerprint density at radius 3 is 2.00 bits per heavy atom. The van der Waals surface area contributed by atoms with E-state index in [0.717, 1.165) is 0 Å². The van der Waals surface area contributed by atoms with Crippen molar-refractivity contribution in [1.82, 2.24) is 14.6 Å². The number of nitrogens with zero attached hydrogens (tertiary/aromatic N) is 3. The van der Waals surface area contributed by atoms with E-state index >= 15 is 0 Å². The highest BCUT2D eigenvalue weighted by molar-refractivity contribution is 5.90. The Kier molecular flexibility index (Phi) is 4.87. The molecule has 0 fully saturated rings. The summed E-state index contributed by atoms with van der Waals surface area (Å²) in [6, 6.07) is 14.3. The van der Waals surface area contributed by atoms with Crippen LogP contribution in [0, 0.1) is 0 Å². The van der Waals surface area contributed by atoms with Crippen molar-refractivity contribution in [1.29, 1.82) is 0 Å². The van der Waals surface area contributed by atoms with E-state index in [0.29, 0.717) is 21.4 Å². The average Bonchev–Trinajstić information content (AvgIpc) is 3.12. The second-order valence-corrected chi connectivity index (χ2v) is 6.58. The lowest BCUT2D eigenvalue weighted by atomic mass is 10.0. The maximum atomic E-state index is 13.7. The topological polar surface area (TPSA) is 39.4 Å². The molecule has 0 saturated heterocycles. The van der Waals surface area contributed by atoms with Gasteiger partial charge in [-0.25, -0.2) is 9.50 Å². The molecule has 0 unspecified atom stereocenters. The van der Waals surface area contributed by atoms with Gasteiger partial charge >= 0.3 is 12.4 Å². The quantitative estimate of drug-likeness (QED) is 0.363. The molecule has 31 heavy (non-hydrogen) atoms. The van der Waals surface area contributed by atoms with Gasteiger partial charge in [0.05, 0.1) is 12.7 Å². The van der Waals surface area contributed by atoms with E-state index < -0.39 is 29.4 Å². The van der Waals surface area contributed by atoms with Crippen molar-refractivity contribution in [3.05, 3.63) is 72.1 Å². The van der Waals surface area contributed by atoms with Gasteiger partial charge in [0.1, 0.15) is 17.1 Å². The van der Waals surface area contributed by atoms with Crippen molar-refractivity contribution < 1.29 is 31.1 Å². The highest BCUT2D eigenvalue weighted by atomic mass is 19.4. The van der Waals surface area contributed by atoms with Crippen LogP contribution in [0.1, 0.15) is 11.4 Å². The molecule has 0 atom stereocenters. The van der Waals surface area contributed by atoms with Crippen molar-refractivity contribution >= 4 is 5.65 Å². The number of rotatable bonds is 3. The molecule has 0 aliphatic carbocycles. The maximum absolute atomic E-state index is 13.7. The normalized spacial score (nSPS) is 12.4. The molecule has 2 aromatic heterocycles. The molecule has 0 bridgehead atoms. The number of halogens is 6. The van der Waals surface area contributed by atoms with Gasteiger partial charge < -0.3 is 4.74 Å². The molecule has 0 spiro atoms. The van der Waals surface area contributed by atoms with E-state index in [1.165, 1.54) is 19.2 Å². The molecule has 4 aromatic rings. The molecule has 4 nitrogen and oxygen atoms in total. The fraction of sp³-hybridized carbons (Fsp3) is 0.143. The molecular weight excluding hydrogens is 424 g/mol. The van der Waals surface area contributed by atoms with E-state index in [-0.39, 0.29) is 17.3 Å². The molecule has 2 aromatic carbocycles. The minimum atomic E-state index is -5.08. The smallest absolute Gasteiger partial charge is 0.433 e. The Labute approximate surface area is 171 Å². The second-order valence-electron chi connectivity index (χ2n) is 6.58. The van der Waals surface area contributed by atoms with Gasteiger partial charge in [-0.1, -0.05) is 42.5 Å². The summed E-state index contributed by atoms with van der Waals surface area (Å²) in [6.45, 7) is 0. The molecule has 0 aliphatic rings. The fourth-order valence-corrected chi connectivity index (χ4v) is 3.19. The zero-order valence-electron chi connectivity index (χ0n) is 15.8. The molecule has 0 amide bonds. The highest BCUT2D eigenvalue weighted by Crippen LogP contribution is 2.40. The number of ether oxygens (including phenoxy) is 1. The Morgan fingerprint density at radius 2 is 1.45 bits per heavy atom. The number of alkyl halides is 6. The van der Waals surface area contributed by atoms with Crippen molar-refractivity contribution in [3.63, 3.8) is 0 Å². The molecule has 2 heterocycles. The molecule has 0 N–H and O–H groups in total. The van der Waals surface area contributed by atoms with Gasteiger partial charge in [-0.05, 0) is 23.8 Å².